The molecule has 0 spiro atoms. The predicted molar refractivity (Wildman–Crippen MR) is 97.9 cm³/mol. The predicted octanol–water partition coefficient (Wildman–Crippen LogP) is 2.68. The van der Waals surface area contributed by atoms with Gasteiger partial charge in [-0.05, 0) is 54.4 Å². The van der Waals surface area contributed by atoms with Crippen LogP contribution < -0.4 is 14.4 Å². The molecule has 3 rings (SSSR count). The zero-order valence-corrected chi connectivity index (χ0v) is 15.1. The Hall–Kier alpha value is -2.25. The van der Waals surface area contributed by atoms with Gasteiger partial charge in [0.2, 0.25) is 10.0 Å². The van der Waals surface area contributed by atoms with E-state index in [0.29, 0.717) is 35.1 Å². The number of hydrogen-bond donors (Lipinski definition) is 1. The average Bonchev–Trinajstić information content (AvgIpc) is 2.98. The first-order chi connectivity index (χ1) is 11.8. The Balaban J connectivity index is 1.62. The van der Waals surface area contributed by atoms with Gasteiger partial charge in [0.15, 0.2) is 6.61 Å². The van der Waals surface area contributed by atoms with E-state index in [1.807, 2.05) is 0 Å². The summed E-state index contributed by atoms with van der Waals surface area (Å²) in [5.41, 5.74) is 2.17. The second-order valence-electron chi connectivity index (χ2n) is 5.72. The number of rotatable bonds is 5. The van der Waals surface area contributed by atoms with Gasteiger partial charge < -0.3 is 10.1 Å². The molecule has 0 saturated heterocycles. The lowest BCUT2D eigenvalue weighted by Crippen LogP contribution is -2.27. The van der Waals surface area contributed by atoms with Gasteiger partial charge in [0.05, 0.1) is 11.9 Å². The highest BCUT2D eigenvalue weighted by Crippen LogP contribution is 2.32. The molecule has 1 aliphatic rings. The number of benzene rings is 2. The standard InChI is InChI=1S/C17H17ClN2O4S/c1-25(22,23)20-9-8-12-10-14(4-7-16(12)20)19-17(21)11-24-15-5-2-13(18)3-6-15/h2-7,10H,8-9,11H2,1H3,(H,19,21). The van der Waals surface area contributed by atoms with Gasteiger partial charge in [-0.25, -0.2) is 8.42 Å². The van der Waals surface area contributed by atoms with Crippen LogP contribution in [0, 0.1) is 0 Å². The molecule has 0 aliphatic carbocycles. The van der Waals surface area contributed by atoms with E-state index in [9.17, 15) is 13.2 Å². The summed E-state index contributed by atoms with van der Waals surface area (Å²) in [5, 5.41) is 3.34. The number of anilines is 2. The number of nitrogens with one attached hydrogen (secondary N) is 1. The molecule has 6 nitrogen and oxygen atoms in total. The lowest BCUT2D eigenvalue weighted by atomic mass is 10.1. The van der Waals surface area contributed by atoms with Crippen molar-refractivity contribution in [3.05, 3.63) is 53.1 Å². The lowest BCUT2D eigenvalue weighted by molar-refractivity contribution is -0.118. The summed E-state index contributed by atoms with van der Waals surface area (Å²) in [5.74, 6) is 0.255. The number of nitrogens with zero attached hydrogens (tertiary/aromatic N) is 1. The minimum absolute atomic E-state index is 0.131. The first-order valence-corrected chi connectivity index (χ1v) is 9.84. The van der Waals surface area contributed by atoms with Crippen LogP contribution >= 0.6 is 11.6 Å². The molecule has 0 fully saturated rings. The van der Waals surface area contributed by atoms with Crippen LogP contribution in [0.1, 0.15) is 5.56 Å². The molecular formula is C17H17ClN2O4S. The number of ether oxygens (including phenoxy) is 1. The lowest BCUT2D eigenvalue weighted by Gasteiger charge is -2.16. The van der Waals surface area contributed by atoms with Crippen molar-refractivity contribution < 1.29 is 17.9 Å². The Morgan fingerprint density at radius 2 is 1.96 bits per heavy atom. The van der Waals surface area contributed by atoms with Crippen LogP contribution in [-0.2, 0) is 21.2 Å². The van der Waals surface area contributed by atoms with Crippen LogP contribution in [0.15, 0.2) is 42.5 Å². The number of hydrogen-bond acceptors (Lipinski definition) is 4. The SMILES string of the molecule is CS(=O)(=O)N1CCc2cc(NC(=O)COc3ccc(Cl)cc3)ccc21. The summed E-state index contributed by atoms with van der Waals surface area (Å²) in [6.07, 6.45) is 1.80. The van der Waals surface area contributed by atoms with E-state index in [1.54, 1.807) is 42.5 Å². The molecule has 1 heterocycles. The fourth-order valence-electron chi connectivity index (χ4n) is 2.67. The third-order valence-electron chi connectivity index (χ3n) is 3.80. The maximum Gasteiger partial charge on any atom is 0.262 e. The monoisotopic (exact) mass is 380 g/mol. The molecule has 0 bridgehead atoms. The Labute approximate surface area is 151 Å². The van der Waals surface area contributed by atoms with Crippen molar-refractivity contribution in [2.24, 2.45) is 0 Å². The van der Waals surface area contributed by atoms with Crippen LogP contribution in [0.4, 0.5) is 11.4 Å². The van der Waals surface area contributed by atoms with Crippen molar-refractivity contribution in [1.29, 1.82) is 0 Å². The highest BCUT2D eigenvalue weighted by Gasteiger charge is 2.26. The van der Waals surface area contributed by atoms with Gasteiger partial charge in [-0.2, -0.15) is 0 Å². The number of carbonyl (C=O) groups is 1. The molecule has 0 atom stereocenters. The Kier molecular flexibility index (Phi) is 4.87. The molecule has 0 radical (unpaired) electrons. The molecular weight excluding hydrogens is 364 g/mol. The van der Waals surface area contributed by atoms with E-state index >= 15 is 0 Å². The van der Waals surface area contributed by atoms with Gasteiger partial charge in [0.25, 0.3) is 5.91 Å². The van der Waals surface area contributed by atoms with Gasteiger partial charge >= 0.3 is 0 Å². The Bertz CT molecular complexity index is 897. The van der Waals surface area contributed by atoms with Crippen molar-refractivity contribution in [2.75, 3.05) is 29.0 Å². The second-order valence-corrected chi connectivity index (χ2v) is 8.06. The fourth-order valence-corrected chi connectivity index (χ4v) is 3.75. The topological polar surface area (TPSA) is 75.7 Å². The zero-order chi connectivity index (χ0) is 18.0. The van der Waals surface area contributed by atoms with Gasteiger partial charge in [0, 0.05) is 17.3 Å². The van der Waals surface area contributed by atoms with Crippen molar-refractivity contribution in [2.45, 2.75) is 6.42 Å². The molecule has 1 aliphatic heterocycles. The highest BCUT2D eigenvalue weighted by atomic mass is 35.5. The highest BCUT2D eigenvalue weighted by molar-refractivity contribution is 7.92. The largest absolute Gasteiger partial charge is 0.484 e. The van der Waals surface area contributed by atoms with Gasteiger partial charge in [0.1, 0.15) is 5.75 Å². The summed E-state index contributed by atoms with van der Waals surface area (Å²) in [7, 11) is -3.28. The maximum atomic E-state index is 12.0. The third-order valence-corrected chi connectivity index (χ3v) is 5.23. The number of halogens is 1. The fraction of sp³-hybridized carbons (Fsp3) is 0.235. The van der Waals surface area contributed by atoms with Crippen LogP contribution in [0.5, 0.6) is 5.75 Å². The van der Waals surface area contributed by atoms with Crippen LogP contribution in [0.25, 0.3) is 0 Å². The summed E-state index contributed by atoms with van der Waals surface area (Å²) in [6, 6.07) is 11.9. The smallest absolute Gasteiger partial charge is 0.262 e. The quantitative estimate of drug-likeness (QED) is 0.865. The van der Waals surface area contributed by atoms with E-state index in [2.05, 4.69) is 5.32 Å². The molecule has 1 amide bonds. The molecule has 0 unspecified atom stereocenters. The second kappa shape index (κ2) is 6.93. The van der Waals surface area contributed by atoms with Crippen molar-refractivity contribution in [1.82, 2.24) is 0 Å². The van der Waals surface area contributed by atoms with Crippen LogP contribution in [-0.4, -0.2) is 33.7 Å². The van der Waals surface area contributed by atoms with Gasteiger partial charge in [-0.3, -0.25) is 9.10 Å². The molecule has 132 valence electrons. The van der Waals surface area contributed by atoms with E-state index in [-0.39, 0.29) is 12.5 Å². The number of sulfonamides is 1. The Morgan fingerprint density at radius 1 is 1.24 bits per heavy atom. The summed E-state index contributed by atoms with van der Waals surface area (Å²) < 4.78 is 30.2. The van der Waals surface area contributed by atoms with Crippen molar-refractivity contribution in [3.8, 4) is 5.75 Å². The van der Waals surface area contributed by atoms with Crippen molar-refractivity contribution in [3.63, 3.8) is 0 Å². The first kappa shape index (κ1) is 17.6. The van der Waals surface area contributed by atoms with Crippen molar-refractivity contribution >= 4 is 38.9 Å². The molecule has 1 N–H and O–H groups in total. The molecule has 2 aromatic carbocycles. The molecule has 0 aromatic heterocycles. The number of fused-ring (bicyclic) bond motifs is 1. The molecule has 8 heteroatoms. The third kappa shape index (κ3) is 4.24. The molecule has 0 saturated carbocycles. The number of amides is 1. The van der Waals surface area contributed by atoms with Gasteiger partial charge in [-0.15, -0.1) is 0 Å². The normalized spacial score (nSPS) is 13.4. The van der Waals surface area contributed by atoms with E-state index in [1.165, 1.54) is 10.6 Å². The maximum absolute atomic E-state index is 12.0. The van der Waals surface area contributed by atoms with E-state index in [0.717, 1.165) is 5.56 Å². The van der Waals surface area contributed by atoms with Crippen LogP contribution in [0.3, 0.4) is 0 Å². The first-order valence-electron chi connectivity index (χ1n) is 7.62. The van der Waals surface area contributed by atoms with E-state index < -0.39 is 10.0 Å². The minimum Gasteiger partial charge on any atom is -0.484 e. The molecule has 2 aromatic rings. The minimum atomic E-state index is -3.28. The Morgan fingerprint density at radius 3 is 2.64 bits per heavy atom. The average molecular weight is 381 g/mol. The zero-order valence-electron chi connectivity index (χ0n) is 13.5. The summed E-state index contributed by atoms with van der Waals surface area (Å²) in [6.45, 7) is 0.291. The number of carbonyl (C=O) groups excluding carboxylic acids is 1. The summed E-state index contributed by atoms with van der Waals surface area (Å²) >= 11 is 5.79. The van der Waals surface area contributed by atoms with Gasteiger partial charge in [-0.1, -0.05) is 11.6 Å². The van der Waals surface area contributed by atoms with Crippen LogP contribution in [0.2, 0.25) is 5.02 Å². The molecule has 25 heavy (non-hydrogen) atoms. The summed E-state index contributed by atoms with van der Waals surface area (Å²) in [4.78, 5) is 12.0. The van der Waals surface area contributed by atoms with E-state index in [4.69, 9.17) is 16.3 Å².